The highest BCUT2D eigenvalue weighted by Gasteiger charge is 2.36. The molecular weight excluding hydrogens is 314 g/mol. The number of hydrogen-bond donors (Lipinski definition) is 2. The number of benzene rings is 1. The van der Waals surface area contributed by atoms with E-state index in [1.165, 1.54) is 12.1 Å². The molecule has 2 heterocycles. The van der Waals surface area contributed by atoms with Gasteiger partial charge in [0.05, 0.1) is 6.61 Å². The summed E-state index contributed by atoms with van der Waals surface area (Å²) in [7, 11) is 0. The zero-order valence-corrected chi connectivity index (χ0v) is 13.3. The summed E-state index contributed by atoms with van der Waals surface area (Å²) in [5.74, 6) is -0.292. The van der Waals surface area contributed by atoms with Crippen LogP contribution in [0.2, 0.25) is 0 Å². The number of nitrogens with zero attached hydrogens (tertiary/aromatic N) is 3. The van der Waals surface area contributed by atoms with Crippen molar-refractivity contribution in [1.29, 1.82) is 0 Å². The van der Waals surface area contributed by atoms with Crippen LogP contribution in [0.15, 0.2) is 30.5 Å². The maximum absolute atomic E-state index is 14.0. The molecule has 1 aromatic heterocycles. The Kier molecular flexibility index (Phi) is 4.62. The molecule has 0 unspecified atom stereocenters. The van der Waals surface area contributed by atoms with Crippen LogP contribution in [0.1, 0.15) is 18.4 Å². The van der Waals surface area contributed by atoms with Crippen LogP contribution in [0.4, 0.5) is 20.5 Å². The van der Waals surface area contributed by atoms with Crippen molar-refractivity contribution in [3.63, 3.8) is 0 Å². The fourth-order valence-electron chi connectivity index (χ4n) is 3.34. The number of piperidine rings is 1. The molecule has 1 aliphatic heterocycles. The number of aromatic nitrogens is 2. The second kappa shape index (κ2) is 6.68. The minimum atomic E-state index is -0.601. The number of nitrogens with two attached hydrogens (primary N) is 1. The van der Waals surface area contributed by atoms with Gasteiger partial charge in [0.25, 0.3) is 0 Å². The van der Waals surface area contributed by atoms with Crippen LogP contribution in [-0.2, 0) is 6.42 Å². The number of aliphatic hydroxyl groups excluding tert-OH is 1. The number of rotatable bonds is 4. The Hall–Kier alpha value is -2.28. The average Bonchev–Trinajstić information content (AvgIpc) is 2.58. The molecule has 1 aliphatic rings. The molecular formula is C17H20F2N4O. The van der Waals surface area contributed by atoms with Crippen LogP contribution < -0.4 is 10.6 Å². The predicted molar refractivity (Wildman–Crippen MR) is 87.5 cm³/mol. The first-order valence-electron chi connectivity index (χ1n) is 7.90. The third kappa shape index (κ3) is 3.46. The minimum absolute atomic E-state index is 0.0825. The third-order valence-corrected chi connectivity index (χ3v) is 4.56. The normalized spacial score (nSPS) is 21.0. The lowest BCUT2D eigenvalue weighted by molar-refractivity contribution is 0.104. The minimum Gasteiger partial charge on any atom is -0.396 e. The van der Waals surface area contributed by atoms with Gasteiger partial charge in [0.15, 0.2) is 0 Å². The van der Waals surface area contributed by atoms with E-state index in [2.05, 4.69) is 9.97 Å². The van der Waals surface area contributed by atoms with Crippen molar-refractivity contribution in [2.75, 3.05) is 30.3 Å². The molecule has 3 N–H and O–H groups in total. The van der Waals surface area contributed by atoms with Gasteiger partial charge in [-0.25, -0.2) is 13.8 Å². The van der Waals surface area contributed by atoms with Crippen LogP contribution >= 0.6 is 0 Å². The van der Waals surface area contributed by atoms with Crippen LogP contribution in [0.25, 0.3) is 0 Å². The summed E-state index contributed by atoms with van der Waals surface area (Å²) in [6.07, 6.45) is 3.53. The van der Waals surface area contributed by atoms with Gasteiger partial charge in [-0.05, 0) is 37.0 Å². The summed E-state index contributed by atoms with van der Waals surface area (Å²) < 4.78 is 27.1. The smallest absolute Gasteiger partial charge is 0.221 e. The fraction of sp³-hybridized carbons (Fsp3) is 0.412. The van der Waals surface area contributed by atoms with Crippen molar-refractivity contribution in [3.05, 3.63) is 47.7 Å². The molecule has 1 aromatic carbocycles. The van der Waals surface area contributed by atoms with Crippen molar-refractivity contribution in [1.82, 2.24) is 9.97 Å². The number of halogens is 2. The molecule has 0 saturated carbocycles. The summed E-state index contributed by atoms with van der Waals surface area (Å²) in [4.78, 5) is 10.1. The van der Waals surface area contributed by atoms with Gasteiger partial charge in [-0.2, -0.15) is 4.98 Å². The van der Waals surface area contributed by atoms with E-state index in [0.717, 1.165) is 25.5 Å². The average molecular weight is 334 g/mol. The molecule has 0 spiro atoms. The molecule has 5 nitrogen and oxygen atoms in total. The molecule has 0 bridgehead atoms. The highest BCUT2D eigenvalue weighted by molar-refractivity contribution is 5.42. The van der Waals surface area contributed by atoms with E-state index in [-0.39, 0.29) is 12.6 Å². The fourth-order valence-corrected chi connectivity index (χ4v) is 3.34. The zero-order chi connectivity index (χ0) is 17.2. The maximum Gasteiger partial charge on any atom is 0.221 e. The highest BCUT2D eigenvalue weighted by atomic mass is 19.1. The standard InChI is InChI=1S/C17H20F2N4O/c18-13-3-2-12(14(19)8-13)9-17(11-24)5-1-7-23(10-17)15-4-6-21-16(20)22-15/h2-4,6,8,24H,1,5,7,9-11H2,(H2,20,21,22)/t17-/m0/s1. The van der Waals surface area contributed by atoms with Crippen LogP contribution in [0.3, 0.4) is 0 Å². The molecule has 1 atom stereocenters. The molecule has 1 saturated heterocycles. The number of anilines is 2. The SMILES string of the molecule is Nc1nccc(N2CCC[C@](CO)(Cc3ccc(F)cc3F)C2)n1. The van der Waals surface area contributed by atoms with Crippen molar-refractivity contribution in [3.8, 4) is 0 Å². The van der Waals surface area contributed by atoms with E-state index in [0.29, 0.717) is 24.3 Å². The molecule has 3 rings (SSSR count). The molecule has 2 aromatic rings. The first kappa shape index (κ1) is 16.6. The summed E-state index contributed by atoms with van der Waals surface area (Å²) in [5, 5.41) is 9.99. The summed E-state index contributed by atoms with van der Waals surface area (Å²) in [5.41, 5.74) is 5.55. The molecule has 128 valence electrons. The number of aliphatic hydroxyl groups is 1. The van der Waals surface area contributed by atoms with E-state index in [9.17, 15) is 13.9 Å². The Morgan fingerprint density at radius 3 is 2.83 bits per heavy atom. The summed E-state index contributed by atoms with van der Waals surface area (Å²) in [6.45, 7) is 1.22. The van der Waals surface area contributed by atoms with Crippen LogP contribution in [0.5, 0.6) is 0 Å². The van der Waals surface area contributed by atoms with Gasteiger partial charge in [-0.15, -0.1) is 0 Å². The van der Waals surface area contributed by atoms with Gasteiger partial charge in [0.1, 0.15) is 17.5 Å². The topological polar surface area (TPSA) is 75.3 Å². The molecule has 1 fully saturated rings. The quantitative estimate of drug-likeness (QED) is 0.896. The Morgan fingerprint density at radius 1 is 1.29 bits per heavy atom. The third-order valence-electron chi connectivity index (χ3n) is 4.56. The van der Waals surface area contributed by atoms with Crippen LogP contribution in [-0.4, -0.2) is 34.8 Å². The summed E-state index contributed by atoms with van der Waals surface area (Å²) in [6, 6.07) is 5.34. The predicted octanol–water partition coefficient (Wildman–Crippen LogP) is 2.16. The Balaban J connectivity index is 1.83. The summed E-state index contributed by atoms with van der Waals surface area (Å²) >= 11 is 0. The first-order chi connectivity index (χ1) is 11.5. The van der Waals surface area contributed by atoms with E-state index in [1.807, 2.05) is 4.90 Å². The van der Waals surface area contributed by atoms with E-state index >= 15 is 0 Å². The molecule has 0 radical (unpaired) electrons. The Labute approximate surface area is 139 Å². The van der Waals surface area contributed by atoms with Gasteiger partial charge in [-0.1, -0.05) is 6.07 Å². The largest absolute Gasteiger partial charge is 0.396 e. The molecule has 24 heavy (non-hydrogen) atoms. The molecule has 0 amide bonds. The van der Waals surface area contributed by atoms with Crippen molar-refractivity contribution in [2.24, 2.45) is 5.41 Å². The number of nitrogen functional groups attached to an aromatic ring is 1. The van der Waals surface area contributed by atoms with Gasteiger partial charge >= 0.3 is 0 Å². The van der Waals surface area contributed by atoms with Gasteiger partial charge in [0, 0.05) is 30.8 Å². The lowest BCUT2D eigenvalue weighted by Crippen LogP contribution is -2.47. The monoisotopic (exact) mass is 334 g/mol. The van der Waals surface area contributed by atoms with Gasteiger partial charge in [0.2, 0.25) is 5.95 Å². The van der Waals surface area contributed by atoms with Crippen molar-refractivity contribution >= 4 is 11.8 Å². The lowest BCUT2D eigenvalue weighted by Gasteiger charge is -2.42. The maximum atomic E-state index is 14.0. The Morgan fingerprint density at radius 2 is 2.12 bits per heavy atom. The lowest BCUT2D eigenvalue weighted by atomic mass is 9.75. The molecule has 7 heteroatoms. The van der Waals surface area contributed by atoms with Crippen LogP contribution in [0, 0.1) is 17.0 Å². The zero-order valence-electron chi connectivity index (χ0n) is 13.3. The second-order valence-electron chi connectivity index (χ2n) is 6.37. The number of hydrogen-bond acceptors (Lipinski definition) is 5. The van der Waals surface area contributed by atoms with Gasteiger partial charge < -0.3 is 15.7 Å². The highest BCUT2D eigenvalue weighted by Crippen LogP contribution is 2.35. The second-order valence-corrected chi connectivity index (χ2v) is 6.37. The van der Waals surface area contributed by atoms with E-state index < -0.39 is 17.0 Å². The Bertz CT molecular complexity index is 727. The molecule has 0 aliphatic carbocycles. The van der Waals surface area contributed by atoms with Gasteiger partial charge in [-0.3, -0.25) is 0 Å². The van der Waals surface area contributed by atoms with E-state index in [4.69, 9.17) is 5.73 Å². The van der Waals surface area contributed by atoms with Crippen molar-refractivity contribution < 1.29 is 13.9 Å². The first-order valence-corrected chi connectivity index (χ1v) is 7.90. The van der Waals surface area contributed by atoms with Crippen molar-refractivity contribution in [2.45, 2.75) is 19.3 Å². The van der Waals surface area contributed by atoms with E-state index in [1.54, 1.807) is 12.3 Å².